The number of unbranched alkanes of at least 4 members (excludes halogenated alkanes) is 2. The summed E-state index contributed by atoms with van der Waals surface area (Å²) in [7, 11) is 0. The predicted octanol–water partition coefficient (Wildman–Crippen LogP) is 3.08. The zero-order valence-electron chi connectivity index (χ0n) is 12.1. The second-order valence-electron chi connectivity index (χ2n) is 5.50. The highest BCUT2D eigenvalue weighted by molar-refractivity contribution is 5.76. The summed E-state index contributed by atoms with van der Waals surface area (Å²) >= 11 is 0. The largest absolute Gasteiger partial charge is 0.381 e. The third-order valence-electron chi connectivity index (χ3n) is 3.80. The minimum absolute atomic E-state index is 0.205. The summed E-state index contributed by atoms with van der Waals surface area (Å²) in [6.07, 6.45) is 6.96. The lowest BCUT2D eigenvalue weighted by molar-refractivity contribution is -0.122. The van der Waals surface area contributed by atoms with Crippen LogP contribution < -0.4 is 5.32 Å². The van der Waals surface area contributed by atoms with Crippen molar-refractivity contribution in [1.29, 1.82) is 0 Å². The van der Waals surface area contributed by atoms with Gasteiger partial charge in [0.2, 0.25) is 5.91 Å². The van der Waals surface area contributed by atoms with Crippen molar-refractivity contribution in [2.24, 2.45) is 0 Å². The summed E-state index contributed by atoms with van der Waals surface area (Å²) in [5.41, 5.74) is 1.39. The van der Waals surface area contributed by atoms with Gasteiger partial charge in [0.1, 0.15) is 0 Å². The van der Waals surface area contributed by atoms with Crippen LogP contribution in [0.15, 0.2) is 30.3 Å². The SMILES string of the molecule is O=C(CCCCCc1ccccc1)NC1CCOCC1. The summed E-state index contributed by atoms with van der Waals surface area (Å²) in [5, 5.41) is 3.11. The van der Waals surface area contributed by atoms with Gasteiger partial charge in [-0.3, -0.25) is 4.79 Å². The molecule has 1 heterocycles. The molecule has 1 N–H and O–H groups in total. The average molecular weight is 275 g/mol. The lowest BCUT2D eigenvalue weighted by Gasteiger charge is -2.23. The van der Waals surface area contributed by atoms with Crippen LogP contribution in [-0.2, 0) is 16.0 Å². The van der Waals surface area contributed by atoms with Gasteiger partial charge in [-0.25, -0.2) is 0 Å². The minimum atomic E-state index is 0.205. The van der Waals surface area contributed by atoms with Crippen LogP contribution in [0.4, 0.5) is 0 Å². The second kappa shape index (κ2) is 8.75. The van der Waals surface area contributed by atoms with Crippen LogP contribution >= 0.6 is 0 Å². The van der Waals surface area contributed by atoms with Crippen molar-refractivity contribution in [3.05, 3.63) is 35.9 Å². The molecule has 110 valence electrons. The van der Waals surface area contributed by atoms with Crippen molar-refractivity contribution in [2.75, 3.05) is 13.2 Å². The Morgan fingerprint density at radius 2 is 1.85 bits per heavy atom. The molecule has 20 heavy (non-hydrogen) atoms. The molecular formula is C17H25NO2. The molecule has 0 radical (unpaired) electrons. The second-order valence-corrected chi connectivity index (χ2v) is 5.50. The van der Waals surface area contributed by atoms with Gasteiger partial charge >= 0.3 is 0 Å². The van der Waals surface area contributed by atoms with E-state index in [2.05, 4.69) is 29.6 Å². The quantitative estimate of drug-likeness (QED) is 0.777. The number of nitrogens with one attached hydrogen (secondary N) is 1. The Morgan fingerprint density at radius 1 is 1.10 bits per heavy atom. The third kappa shape index (κ3) is 5.74. The number of hydrogen-bond acceptors (Lipinski definition) is 2. The van der Waals surface area contributed by atoms with E-state index in [9.17, 15) is 4.79 Å². The lowest BCUT2D eigenvalue weighted by Crippen LogP contribution is -2.38. The van der Waals surface area contributed by atoms with E-state index >= 15 is 0 Å². The molecule has 0 atom stereocenters. The molecule has 1 aromatic carbocycles. The number of hydrogen-bond donors (Lipinski definition) is 1. The van der Waals surface area contributed by atoms with Crippen molar-refractivity contribution in [1.82, 2.24) is 5.32 Å². The Balaban J connectivity index is 1.51. The van der Waals surface area contributed by atoms with Gasteiger partial charge in [0, 0.05) is 25.7 Å². The highest BCUT2D eigenvalue weighted by Crippen LogP contribution is 2.09. The van der Waals surface area contributed by atoms with Crippen molar-refractivity contribution in [2.45, 2.75) is 51.0 Å². The van der Waals surface area contributed by atoms with Gasteiger partial charge < -0.3 is 10.1 Å². The van der Waals surface area contributed by atoms with Crippen LogP contribution in [-0.4, -0.2) is 25.2 Å². The lowest BCUT2D eigenvalue weighted by atomic mass is 10.1. The van der Waals surface area contributed by atoms with Crippen LogP contribution in [0.2, 0.25) is 0 Å². The minimum Gasteiger partial charge on any atom is -0.381 e. The van der Waals surface area contributed by atoms with Gasteiger partial charge in [-0.1, -0.05) is 36.8 Å². The number of rotatable bonds is 7. The average Bonchev–Trinajstić information content (AvgIpc) is 2.49. The Bertz CT molecular complexity index is 385. The van der Waals surface area contributed by atoms with Crippen LogP contribution in [0, 0.1) is 0 Å². The van der Waals surface area contributed by atoms with Crippen molar-refractivity contribution >= 4 is 5.91 Å². The Morgan fingerprint density at radius 3 is 2.60 bits per heavy atom. The summed E-state index contributed by atoms with van der Waals surface area (Å²) in [6.45, 7) is 1.56. The van der Waals surface area contributed by atoms with Crippen LogP contribution in [0.3, 0.4) is 0 Å². The van der Waals surface area contributed by atoms with E-state index in [0.717, 1.165) is 51.7 Å². The third-order valence-corrected chi connectivity index (χ3v) is 3.80. The van der Waals surface area contributed by atoms with E-state index in [1.807, 2.05) is 6.07 Å². The molecule has 0 aromatic heterocycles. The fourth-order valence-corrected chi connectivity index (χ4v) is 2.58. The van der Waals surface area contributed by atoms with E-state index in [1.165, 1.54) is 5.56 Å². The zero-order valence-corrected chi connectivity index (χ0v) is 12.1. The molecule has 0 spiro atoms. The maximum absolute atomic E-state index is 11.8. The first-order valence-electron chi connectivity index (χ1n) is 7.75. The number of ether oxygens (including phenoxy) is 1. The first-order chi connectivity index (χ1) is 9.84. The molecule has 1 aromatic rings. The standard InChI is InChI=1S/C17H25NO2/c19-17(18-16-11-13-20-14-12-16)10-6-2-5-9-15-7-3-1-4-8-15/h1,3-4,7-8,16H,2,5-6,9-14H2,(H,18,19). The number of aryl methyl sites for hydroxylation is 1. The maximum Gasteiger partial charge on any atom is 0.220 e. The number of amides is 1. The number of benzene rings is 1. The fourth-order valence-electron chi connectivity index (χ4n) is 2.58. The molecule has 1 fully saturated rings. The smallest absolute Gasteiger partial charge is 0.220 e. The molecule has 3 heteroatoms. The zero-order chi connectivity index (χ0) is 14.0. The summed E-state index contributed by atoms with van der Waals surface area (Å²) < 4.78 is 5.29. The molecule has 1 aliphatic heterocycles. The van der Waals surface area contributed by atoms with Gasteiger partial charge in [0.05, 0.1) is 0 Å². The molecule has 0 unspecified atom stereocenters. The highest BCUT2D eigenvalue weighted by Gasteiger charge is 2.15. The summed E-state index contributed by atoms with van der Waals surface area (Å²) in [6, 6.07) is 10.9. The van der Waals surface area contributed by atoms with E-state index in [-0.39, 0.29) is 5.91 Å². The van der Waals surface area contributed by atoms with Crippen LogP contribution in [0.1, 0.15) is 44.1 Å². The molecule has 3 nitrogen and oxygen atoms in total. The van der Waals surface area contributed by atoms with E-state index in [4.69, 9.17) is 4.74 Å². The molecule has 1 saturated heterocycles. The predicted molar refractivity (Wildman–Crippen MR) is 80.6 cm³/mol. The molecular weight excluding hydrogens is 250 g/mol. The van der Waals surface area contributed by atoms with Crippen molar-refractivity contribution in [3.8, 4) is 0 Å². The first-order valence-corrected chi connectivity index (χ1v) is 7.75. The van der Waals surface area contributed by atoms with Gasteiger partial charge in [0.15, 0.2) is 0 Å². The van der Waals surface area contributed by atoms with Gasteiger partial charge in [0.25, 0.3) is 0 Å². The molecule has 0 aliphatic carbocycles. The highest BCUT2D eigenvalue weighted by atomic mass is 16.5. The summed E-state index contributed by atoms with van der Waals surface area (Å²) in [5.74, 6) is 0.205. The van der Waals surface area contributed by atoms with E-state index < -0.39 is 0 Å². The Kier molecular flexibility index (Phi) is 6.58. The Hall–Kier alpha value is -1.35. The monoisotopic (exact) mass is 275 g/mol. The van der Waals surface area contributed by atoms with E-state index in [0.29, 0.717) is 12.5 Å². The fraction of sp³-hybridized carbons (Fsp3) is 0.588. The van der Waals surface area contributed by atoms with Gasteiger partial charge in [-0.15, -0.1) is 0 Å². The van der Waals surface area contributed by atoms with Crippen LogP contribution in [0.5, 0.6) is 0 Å². The molecule has 2 rings (SSSR count). The van der Waals surface area contributed by atoms with Crippen molar-refractivity contribution in [3.63, 3.8) is 0 Å². The number of carbonyl (C=O) groups is 1. The number of carbonyl (C=O) groups excluding carboxylic acids is 1. The molecule has 1 amide bonds. The first kappa shape index (κ1) is 15.0. The molecule has 1 aliphatic rings. The van der Waals surface area contributed by atoms with Crippen LogP contribution in [0.25, 0.3) is 0 Å². The topological polar surface area (TPSA) is 38.3 Å². The maximum atomic E-state index is 11.8. The Labute approximate surface area is 121 Å². The summed E-state index contributed by atoms with van der Waals surface area (Å²) in [4.78, 5) is 11.8. The molecule has 0 bridgehead atoms. The molecule has 0 saturated carbocycles. The normalized spacial score (nSPS) is 16.0. The van der Waals surface area contributed by atoms with Gasteiger partial charge in [-0.05, 0) is 37.7 Å². The van der Waals surface area contributed by atoms with E-state index in [1.54, 1.807) is 0 Å². The van der Waals surface area contributed by atoms with Crippen molar-refractivity contribution < 1.29 is 9.53 Å². The van der Waals surface area contributed by atoms with Gasteiger partial charge in [-0.2, -0.15) is 0 Å².